The zero-order valence-electron chi connectivity index (χ0n) is 8.97. The van der Waals surface area contributed by atoms with Gasteiger partial charge in [-0.1, -0.05) is 11.6 Å². The second kappa shape index (κ2) is 5.38. The van der Waals surface area contributed by atoms with E-state index in [9.17, 15) is 0 Å². The van der Waals surface area contributed by atoms with Crippen LogP contribution in [0.1, 0.15) is 5.56 Å². The molecule has 88 valence electrons. The zero-order chi connectivity index (χ0) is 12.4. The Morgan fingerprint density at radius 1 is 1.18 bits per heavy atom. The van der Waals surface area contributed by atoms with Crippen LogP contribution in [0.4, 0.5) is 11.5 Å². The second-order valence-corrected chi connectivity index (χ2v) is 5.69. The van der Waals surface area contributed by atoms with E-state index in [0.717, 1.165) is 26.0 Å². The molecule has 0 bridgehead atoms. The number of anilines is 2. The van der Waals surface area contributed by atoms with Crippen LogP contribution in [0.25, 0.3) is 0 Å². The molecule has 0 saturated carbocycles. The molecule has 2 nitrogen and oxygen atoms in total. The molecule has 0 radical (unpaired) electrons. The van der Waals surface area contributed by atoms with E-state index in [4.69, 9.17) is 11.6 Å². The maximum atomic E-state index is 6.02. The number of nitrogens with one attached hydrogen (secondary N) is 1. The highest BCUT2D eigenvalue weighted by Crippen LogP contribution is 2.27. The molecule has 0 spiro atoms. The summed E-state index contributed by atoms with van der Waals surface area (Å²) in [7, 11) is 0. The van der Waals surface area contributed by atoms with Gasteiger partial charge in [-0.25, -0.2) is 4.98 Å². The zero-order valence-corrected chi connectivity index (χ0v) is 12.9. The molecule has 5 heteroatoms. The topological polar surface area (TPSA) is 24.9 Å². The molecule has 1 heterocycles. The van der Waals surface area contributed by atoms with Crippen molar-refractivity contribution in [1.29, 1.82) is 0 Å². The molecular formula is C12H9Br2ClN2. The molecule has 0 aliphatic rings. The Labute approximate surface area is 122 Å². The summed E-state index contributed by atoms with van der Waals surface area (Å²) < 4.78 is 1.88. The van der Waals surface area contributed by atoms with Crippen LogP contribution in [0.15, 0.2) is 39.4 Å². The average molecular weight is 376 g/mol. The van der Waals surface area contributed by atoms with Gasteiger partial charge in [0.05, 0.1) is 5.02 Å². The highest BCUT2D eigenvalue weighted by molar-refractivity contribution is 9.10. The molecule has 0 aliphatic carbocycles. The number of aromatic nitrogens is 1. The molecule has 1 aromatic heterocycles. The Balaban J connectivity index is 2.25. The molecule has 0 aliphatic heterocycles. The number of benzene rings is 1. The average Bonchev–Trinajstić information content (AvgIpc) is 2.29. The summed E-state index contributed by atoms with van der Waals surface area (Å²) in [5, 5.41) is 3.87. The molecule has 1 N–H and O–H groups in total. The smallest absolute Gasteiger partial charge is 0.130 e. The lowest BCUT2D eigenvalue weighted by atomic mass is 10.3. The van der Waals surface area contributed by atoms with Crippen LogP contribution in [0.5, 0.6) is 0 Å². The third-order valence-electron chi connectivity index (χ3n) is 2.24. The molecule has 0 saturated heterocycles. The molecule has 0 atom stereocenters. The van der Waals surface area contributed by atoms with Crippen LogP contribution >= 0.6 is 43.5 Å². The highest BCUT2D eigenvalue weighted by Gasteiger charge is 2.02. The van der Waals surface area contributed by atoms with Gasteiger partial charge in [0.25, 0.3) is 0 Å². The van der Waals surface area contributed by atoms with Crippen molar-refractivity contribution in [3.8, 4) is 0 Å². The second-order valence-electron chi connectivity index (χ2n) is 3.57. The van der Waals surface area contributed by atoms with Crippen LogP contribution in [-0.4, -0.2) is 4.98 Å². The predicted octanol–water partition coefficient (Wildman–Crippen LogP) is 5.31. The van der Waals surface area contributed by atoms with E-state index in [1.807, 2.05) is 31.2 Å². The van der Waals surface area contributed by atoms with Crippen molar-refractivity contribution in [2.75, 3.05) is 5.32 Å². The minimum atomic E-state index is 0.670. The van der Waals surface area contributed by atoms with Crippen LogP contribution in [0, 0.1) is 6.92 Å². The molecule has 2 rings (SSSR count). The third kappa shape index (κ3) is 3.21. The summed E-state index contributed by atoms with van der Waals surface area (Å²) in [6.45, 7) is 2.02. The quantitative estimate of drug-likeness (QED) is 0.768. The predicted molar refractivity (Wildman–Crippen MR) is 79.1 cm³/mol. The maximum Gasteiger partial charge on any atom is 0.130 e. The molecule has 0 fully saturated rings. The molecular weight excluding hydrogens is 367 g/mol. The Bertz CT molecular complexity index is 509. The van der Waals surface area contributed by atoms with Crippen molar-refractivity contribution in [3.05, 3.63) is 50.0 Å². The lowest BCUT2D eigenvalue weighted by molar-refractivity contribution is 1.25. The van der Waals surface area contributed by atoms with Gasteiger partial charge in [0.15, 0.2) is 0 Å². The Morgan fingerprint density at radius 2 is 1.94 bits per heavy atom. The number of hydrogen-bond donors (Lipinski definition) is 1. The van der Waals surface area contributed by atoms with Crippen molar-refractivity contribution in [2.24, 2.45) is 0 Å². The summed E-state index contributed by atoms with van der Waals surface area (Å²) in [5.41, 5.74) is 2.04. The van der Waals surface area contributed by atoms with Crippen molar-refractivity contribution in [3.63, 3.8) is 0 Å². The minimum absolute atomic E-state index is 0.670. The monoisotopic (exact) mass is 374 g/mol. The lowest BCUT2D eigenvalue weighted by Crippen LogP contribution is -1.94. The van der Waals surface area contributed by atoms with Crippen molar-refractivity contribution < 1.29 is 0 Å². The number of halogens is 3. The summed E-state index contributed by atoms with van der Waals surface area (Å²) in [6.07, 6.45) is 1.78. The first-order valence-electron chi connectivity index (χ1n) is 4.90. The van der Waals surface area contributed by atoms with E-state index in [2.05, 4.69) is 42.2 Å². The van der Waals surface area contributed by atoms with E-state index in [1.165, 1.54) is 0 Å². The lowest BCUT2D eigenvalue weighted by Gasteiger charge is -2.08. The van der Waals surface area contributed by atoms with Gasteiger partial charge in [-0.15, -0.1) is 0 Å². The number of hydrogen-bond acceptors (Lipinski definition) is 2. The first-order chi connectivity index (χ1) is 8.06. The van der Waals surface area contributed by atoms with Gasteiger partial charge in [-0.2, -0.15) is 0 Å². The Hall–Kier alpha value is -0.580. The van der Waals surface area contributed by atoms with Crippen molar-refractivity contribution in [1.82, 2.24) is 4.98 Å². The van der Waals surface area contributed by atoms with E-state index in [1.54, 1.807) is 6.20 Å². The standard InChI is InChI=1S/C12H9Br2ClN2/c1-7-4-12(16-6-10(7)14)17-8-2-3-9(13)11(15)5-8/h2-6H,1H3,(H,16,17). The normalized spacial score (nSPS) is 10.4. The molecule has 0 amide bonds. The Morgan fingerprint density at radius 3 is 2.59 bits per heavy atom. The fourth-order valence-corrected chi connectivity index (χ4v) is 1.97. The molecule has 0 unspecified atom stereocenters. The first kappa shape index (κ1) is 12.9. The largest absolute Gasteiger partial charge is 0.340 e. The van der Waals surface area contributed by atoms with Gasteiger partial charge in [0.2, 0.25) is 0 Å². The van der Waals surface area contributed by atoms with Gasteiger partial charge in [-0.05, 0) is 68.6 Å². The SMILES string of the molecule is Cc1cc(Nc2ccc(Br)c(Cl)c2)ncc1Br. The number of rotatable bonds is 2. The van der Waals surface area contributed by atoms with Crippen LogP contribution in [-0.2, 0) is 0 Å². The van der Waals surface area contributed by atoms with Gasteiger partial charge >= 0.3 is 0 Å². The van der Waals surface area contributed by atoms with E-state index in [0.29, 0.717) is 5.02 Å². The number of nitrogens with zero attached hydrogens (tertiary/aromatic N) is 1. The van der Waals surface area contributed by atoms with E-state index in [-0.39, 0.29) is 0 Å². The fourth-order valence-electron chi connectivity index (χ4n) is 1.33. The fraction of sp³-hybridized carbons (Fsp3) is 0.0833. The van der Waals surface area contributed by atoms with Gasteiger partial charge in [0.1, 0.15) is 5.82 Å². The summed E-state index contributed by atoms with van der Waals surface area (Å²) >= 11 is 12.8. The summed E-state index contributed by atoms with van der Waals surface area (Å²) in [5.74, 6) is 0.795. The molecule has 17 heavy (non-hydrogen) atoms. The summed E-state index contributed by atoms with van der Waals surface area (Å²) in [6, 6.07) is 7.66. The van der Waals surface area contributed by atoms with Gasteiger partial charge < -0.3 is 5.32 Å². The maximum absolute atomic E-state index is 6.02. The number of pyridine rings is 1. The minimum Gasteiger partial charge on any atom is -0.340 e. The van der Waals surface area contributed by atoms with Crippen molar-refractivity contribution >= 4 is 55.0 Å². The van der Waals surface area contributed by atoms with Crippen molar-refractivity contribution in [2.45, 2.75) is 6.92 Å². The van der Waals surface area contributed by atoms with E-state index < -0.39 is 0 Å². The Kier molecular flexibility index (Phi) is 4.07. The van der Waals surface area contributed by atoms with Crippen LogP contribution < -0.4 is 5.32 Å². The summed E-state index contributed by atoms with van der Waals surface area (Å²) in [4.78, 5) is 4.27. The van der Waals surface area contributed by atoms with Crippen LogP contribution in [0.2, 0.25) is 5.02 Å². The third-order valence-corrected chi connectivity index (χ3v) is 4.30. The first-order valence-corrected chi connectivity index (χ1v) is 6.87. The van der Waals surface area contributed by atoms with Gasteiger partial charge in [0, 0.05) is 20.8 Å². The highest BCUT2D eigenvalue weighted by atomic mass is 79.9. The molecule has 1 aromatic carbocycles. The molecule has 2 aromatic rings. The van der Waals surface area contributed by atoms with Gasteiger partial charge in [-0.3, -0.25) is 0 Å². The number of aryl methyl sites for hydroxylation is 1. The van der Waals surface area contributed by atoms with Crippen LogP contribution in [0.3, 0.4) is 0 Å². The van der Waals surface area contributed by atoms with E-state index >= 15 is 0 Å².